The van der Waals surface area contributed by atoms with Crippen molar-refractivity contribution >= 4 is 0 Å². The summed E-state index contributed by atoms with van der Waals surface area (Å²) in [6.45, 7) is 14.4. The van der Waals surface area contributed by atoms with Crippen LogP contribution in [-0.2, 0) is 4.74 Å². The van der Waals surface area contributed by atoms with E-state index in [4.69, 9.17) is 4.74 Å². The van der Waals surface area contributed by atoms with Gasteiger partial charge in [-0.05, 0) is 52.9 Å². The molecule has 2 aliphatic rings. The van der Waals surface area contributed by atoms with Crippen molar-refractivity contribution < 1.29 is 4.74 Å². The van der Waals surface area contributed by atoms with Crippen molar-refractivity contribution in [1.29, 1.82) is 0 Å². The molecule has 1 saturated heterocycles. The fourth-order valence-electron chi connectivity index (χ4n) is 3.07. The maximum Gasteiger partial charge on any atom is 0.0478 e. The van der Waals surface area contributed by atoms with Crippen LogP contribution in [0.1, 0.15) is 47.0 Å². The number of nitrogens with one attached hydrogen (secondary N) is 1. The van der Waals surface area contributed by atoms with Crippen LogP contribution in [0.2, 0.25) is 0 Å². The molecular formula is C15H30N2O. The first-order chi connectivity index (χ1) is 8.48. The molecule has 1 aliphatic heterocycles. The van der Waals surface area contributed by atoms with Gasteiger partial charge in [0, 0.05) is 43.9 Å². The van der Waals surface area contributed by atoms with Crippen LogP contribution in [0.5, 0.6) is 0 Å². The molecule has 3 heteroatoms. The van der Waals surface area contributed by atoms with Gasteiger partial charge >= 0.3 is 0 Å². The van der Waals surface area contributed by atoms with Crippen molar-refractivity contribution in [2.75, 3.05) is 32.8 Å². The van der Waals surface area contributed by atoms with E-state index in [0.29, 0.717) is 5.54 Å². The fourth-order valence-corrected chi connectivity index (χ4v) is 3.07. The van der Waals surface area contributed by atoms with Crippen molar-refractivity contribution in [2.24, 2.45) is 5.92 Å². The second-order valence-corrected chi connectivity index (χ2v) is 6.83. The predicted octanol–water partition coefficient (Wildman–Crippen LogP) is 2.27. The summed E-state index contributed by atoms with van der Waals surface area (Å²) in [6.07, 6.45) is 3.98. The van der Waals surface area contributed by atoms with Gasteiger partial charge in [-0.1, -0.05) is 0 Å². The summed E-state index contributed by atoms with van der Waals surface area (Å²) in [5.41, 5.74) is 0.627. The molecule has 0 amide bonds. The lowest BCUT2D eigenvalue weighted by molar-refractivity contribution is 0.0166. The Hall–Kier alpha value is -0.120. The van der Waals surface area contributed by atoms with Crippen LogP contribution in [0.3, 0.4) is 0 Å². The number of piperazine rings is 1. The predicted molar refractivity (Wildman–Crippen MR) is 75.9 cm³/mol. The zero-order valence-corrected chi connectivity index (χ0v) is 12.6. The third-order valence-electron chi connectivity index (χ3n) is 4.70. The quantitative estimate of drug-likeness (QED) is 0.736. The molecule has 1 atom stereocenters. The summed E-state index contributed by atoms with van der Waals surface area (Å²) >= 11 is 0. The summed E-state index contributed by atoms with van der Waals surface area (Å²) in [6, 6.07) is 0. The van der Waals surface area contributed by atoms with Gasteiger partial charge in [0.05, 0.1) is 0 Å². The maximum absolute atomic E-state index is 5.46. The molecule has 1 saturated carbocycles. The highest BCUT2D eigenvalue weighted by atomic mass is 16.5. The second kappa shape index (κ2) is 5.48. The minimum Gasteiger partial charge on any atom is -0.382 e. The SMILES string of the molecule is CCOCCCN1CC(C)(C2CC2)NCC1(C)C. The lowest BCUT2D eigenvalue weighted by Gasteiger charge is -2.51. The number of hydrogen-bond acceptors (Lipinski definition) is 3. The molecule has 0 aromatic carbocycles. The molecule has 1 aliphatic carbocycles. The minimum atomic E-state index is 0.278. The molecule has 0 aromatic rings. The van der Waals surface area contributed by atoms with E-state index in [9.17, 15) is 0 Å². The average Bonchev–Trinajstić information content (AvgIpc) is 3.14. The van der Waals surface area contributed by atoms with E-state index in [0.717, 1.165) is 38.6 Å². The summed E-state index contributed by atoms with van der Waals surface area (Å²) < 4.78 is 5.46. The smallest absolute Gasteiger partial charge is 0.0478 e. The number of ether oxygens (including phenoxy) is 1. The molecule has 0 bridgehead atoms. The highest BCUT2D eigenvalue weighted by Gasteiger charge is 2.47. The Bertz CT molecular complexity index is 276. The van der Waals surface area contributed by atoms with E-state index in [1.807, 2.05) is 0 Å². The molecule has 106 valence electrons. The molecule has 3 nitrogen and oxygen atoms in total. The minimum absolute atomic E-state index is 0.278. The second-order valence-electron chi connectivity index (χ2n) is 6.83. The van der Waals surface area contributed by atoms with Gasteiger partial charge in [-0.25, -0.2) is 0 Å². The van der Waals surface area contributed by atoms with Crippen LogP contribution in [0.4, 0.5) is 0 Å². The molecule has 0 spiro atoms. The standard InChI is InChI=1S/C15H30N2O/c1-5-18-10-6-9-17-12-15(4,13-7-8-13)16-11-14(17,2)3/h13,16H,5-12H2,1-4H3. The van der Waals surface area contributed by atoms with E-state index < -0.39 is 0 Å². The molecule has 0 aromatic heterocycles. The third kappa shape index (κ3) is 3.25. The van der Waals surface area contributed by atoms with Gasteiger partial charge in [0.15, 0.2) is 0 Å². The average molecular weight is 254 g/mol. The van der Waals surface area contributed by atoms with Crippen molar-refractivity contribution in [3.8, 4) is 0 Å². The summed E-state index contributed by atoms with van der Waals surface area (Å²) in [7, 11) is 0. The first-order valence-electron chi connectivity index (χ1n) is 7.56. The van der Waals surface area contributed by atoms with Gasteiger partial charge < -0.3 is 10.1 Å². The van der Waals surface area contributed by atoms with E-state index in [1.165, 1.54) is 19.4 Å². The van der Waals surface area contributed by atoms with Crippen LogP contribution in [0.15, 0.2) is 0 Å². The van der Waals surface area contributed by atoms with Gasteiger partial charge in [-0.15, -0.1) is 0 Å². The van der Waals surface area contributed by atoms with Gasteiger partial charge in [-0.2, -0.15) is 0 Å². The Balaban J connectivity index is 1.87. The highest BCUT2D eigenvalue weighted by molar-refractivity contribution is 5.06. The van der Waals surface area contributed by atoms with Gasteiger partial charge in [0.2, 0.25) is 0 Å². The van der Waals surface area contributed by atoms with Gasteiger partial charge in [-0.3, -0.25) is 4.90 Å². The topological polar surface area (TPSA) is 24.5 Å². The van der Waals surface area contributed by atoms with Gasteiger partial charge in [0.1, 0.15) is 0 Å². The van der Waals surface area contributed by atoms with E-state index in [1.54, 1.807) is 0 Å². The fraction of sp³-hybridized carbons (Fsp3) is 1.00. The lowest BCUT2D eigenvalue weighted by atomic mass is 9.86. The lowest BCUT2D eigenvalue weighted by Crippen LogP contribution is -2.68. The van der Waals surface area contributed by atoms with Gasteiger partial charge in [0.25, 0.3) is 0 Å². The summed E-state index contributed by atoms with van der Waals surface area (Å²) in [5, 5.41) is 3.81. The van der Waals surface area contributed by atoms with Crippen LogP contribution >= 0.6 is 0 Å². The zero-order chi connectivity index (χ0) is 13.2. The van der Waals surface area contributed by atoms with Crippen molar-refractivity contribution in [3.05, 3.63) is 0 Å². The van der Waals surface area contributed by atoms with Crippen LogP contribution in [-0.4, -0.2) is 48.8 Å². The van der Waals surface area contributed by atoms with E-state index in [-0.39, 0.29) is 5.54 Å². The summed E-state index contributed by atoms with van der Waals surface area (Å²) in [5.74, 6) is 0.906. The van der Waals surface area contributed by atoms with Crippen molar-refractivity contribution in [1.82, 2.24) is 10.2 Å². The van der Waals surface area contributed by atoms with Crippen molar-refractivity contribution in [2.45, 2.75) is 58.0 Å². The zero-order valence-electron chi connectivity index (χ0n) is 12.6. The van der Waals surface area contributed by atoms with E-state index in [2.05, 4.69) is 37.9 Å². The number of nitrogens with zero attached hydrogens (tertiary/aromatic N) is 1. The third-order valence-corrected chi connectivity index (χ3v) is 4.70. The van der Waals surface area contributed by atoms with Crippen molar-refractivity contribution in [3.63, 3.8) is 0 Å². The molecule has 2 fully saturated rings. The largest absolute Gasteiger partial charge is 0.382 e. The Morgan fingerprint density at radius 1 is 1.28 bits per heavy atom. The Kier molecular flexibility index (Phi) is 4.35. The number of hydrogen-bond donors (Lipinski definition) is 1. The van der Waals surface area contributed by atoms with E-state index >= 15 is 0 Å². The normalized spacial score (nSPS) is 32.7. The molecule has 1 heterocycles. The van der Waals surface area contributed by atoms with Crippen LogP contribution in [0.25, 0.3) is 0 Å². The molecule has 1 unspecified atom stereocenters. The first kappa shape index (κ1) is 14.3. The molecule has 0 radical (unpaired) electrons. The Labute approximate surface area is 112 Å². The van der Waals surface area contributed by atoms with Crippen LogP contribution < -0.4 is 5.32 Å². The molecule has 1 N–H and O–H groups in total. The highest BCUT2D eigenvalue weighted by Crippen LogP contribution is 2.42. The first-order valence-corrected chi connectivity index (χ1v) is 7.56. The number of rotatable bonds is 6. The molecule has 2 rings (SSSR count). The summed E-state index contributed by atoms with van der Waals surface area (Å²) in [4.78, 5) is 2.67. The maximum atomic E-state index is 5.46. The molecule has 18 heavy (non-hydrogen) atoms. The Morgan fingerprint density at radius 3 is 2.61 bits per heavy atom. The Morgan fingerprint density at radius 2 is 2.00 bits per heavy atom. The monoisotopic (exact) mass is 254 g/mol. The molecular weight excluding hydrogens is 224 g/mol. The van der Waals surface area contributed by atoms with Crippen LogP contribution in [0, 0.1) is 5.92 Å².